The zero-order chi connectivity index (χ0) is 20.8. The Morgan fingerprint density at radius 3 is 2.33 bits per heavy atom. The Balaban J connectivity index is 2.45. The van der Waals surface area contributed by atoms with Crippen molar-refractivity contribution in [2.24, 2.45) is 17.0 Å². The first-order chi connectivity index (χ1) is 12.4. The van der Waals surface area contributed by atoms with Crippen LogP contribution in [0.2, 0.25) is 0 Å². The van der Waals surface area contributed by atoms with Crippen LogP contribution in [0.15, 0.2) is 17.3 Å². The molecular weight excluding hydrogens is 344 g/mol. The van der Waals surface area contributed by atoms with E-state index in [-0.39, 0.29) is 29.7 Å². The zero-order valence-electron chi connectivity index (χ0n) is 17.6. The van der Waals surface area contributed by atoms with Crippen molar-refractivity contribution < 1.29 is 14.7 Å². The minimum atomic E-state index is -0.463. The number of esters is 1. The van der Waals surface area contributed by atoms with Gasteiger partial charge in [-0.15, -0.1) is 5.11 Å². The van der Waals surface area contributed by atoms with E-state index < -0.39 is 11.1 Å². The topological polar surface area (TPSA) is 110 Å². The van der Waals surface area contributed by atoms with Crippen molar-refractivity contribution >= 4 is 11.8 Å². The van der Waals surface area contributed by atoms with Gasteiger partial charge >= 0.3 is 5.97 Å². The SMILES string of the molecule is CC(/C=C/C(=N)N=N)CCCC(C)OC(=O)C1CC(C)(C)N(O)C(C)(C)C1. The maximum Gasteiger partial charge on any atom is 0.309 e. The van der Waals surface area contributed by atoms with E-state index in [0.717, 1.165) is 19.3 Å². The van der Waals surface area contributed by atoms with Crippen molar-refractivity contribution in [3.8, 4) is 0 Å². The summed E-state index contributed by atoms with van der Waals surface area (Å²) in [6.45, 7) is 11.8. The summed E-state index contributed by atoms with van der Waals surface area (Å²) < 4.78 is 5.68. The van der Waals surface area contributed by atoms with Gasteiger partial charge in [0.05, 0.1) is 12.0 Å². The molecule has 2 atom stereocenters. The molecule has 0 aromatic carbocycles. The van der Waals surface area contributed by atoms with E-state index in [2.05, 4.69) is 12.0 Å². The third-order valence-electron chi connectivity index (χ3n) is 5.26. The van der Waals surface area contributed by atoms with Gasteiger partial charge < -0.3 is 9.94 Å². The molecule has 0 radical (unpaired) electrons. The lowest BCUT2D eigenvalue weighted by atomic mass is 9.75. The third kappa shape index (κ3) is 7.14. The molecule has 154 valence electrons. The van der Waals surface area contributed by atoms with Gasteiger partial charge in [0.15, 0.2) is 5.84 Å². The van der Waals surface area contributed by atoms with Gasteiger partial charge in [-0.2, -0.15) is 5.06 Å². The van der Waals surface area contributed by atoms with Gasteiger partial charge in [0.1, 0.15) is 0 Å². The molecule has 0 aromatic heterocycles. The number of ether oxygens (including phenoxy) is 1. The fourth-order valence-electron chi connectivity index (χ4n) is 3.91. The number of nitrogens with one attached hydrogen (secondary N) is 2. The molecule has 0 aliphatic carbocycles. The average Bonchev–Trinajstić information content (AvgIpc) is 2.56. The summed E-state index contributed by atoms with van der Waals surface area (Å²) in [6.07, 6.45) is 7.05. The molecule has 2 unspecified atom stereocenters. The summed E-state index contributed by atoms with van der Waals surface area (Å²) in [5.41, 5.74) is 5.82. The van der Waals surface area contributed by atoms with Crippen LogP contribution in [0.5, 0.6) is 0 Å². The summed E-state index contributed by atoms with van der Waals surface area (Å²) in [5.74, 6) is -0.146. The maximum atomic E-state index is 12.6. The lowest BCUT2D eigenvalue weighted by Gasteiger charge is -2.50. The average molecular weight is 381 g/mol. The number of hydrogen-bond donors (Lipinski definition) is 3. The van der Waals surface area contributed by atoms with Crippen molar-refractivity contribution in [2.45, 2.75) is 90.8 Å². The first-order valence-corrected chi connectivity index (χ1v) is 9.73. The largest absolute Gasteiger partial charge is 0.462 e. The number of amidine groups is 1. The fraction of sp³-hybridized carbons (Fsp3) is 0.800. The molecule has 7 nitrogen and oxygen atoms in total. The normalized spacial score (nSPS) is 22.3. The molecule has 1 aliphatic rings. The van der Waals surface area contributed by atoms with Crippen molar-refractivity contribution in [1.29, 1.82) is 10.9 Å². The molecule has 0 saturated carbocycles. The quantitative estimate of drug-likeness (QED) is 0.239. The number of carbonyl (C=O) groups excluding carboxylic acids is 1. The molecule has 0 aromatic rings. The second kappa shape index (κ2) is 9.55. The molecule has 0 bridgehead atoms. The molecule has 27 heavy (non-hydrogen) atoms. The Morgan fingerprint density at radius 1 is 1.26 bits per heavy atom. The highest BCUT2D eigenvalue weighted by Crippen LogP contribution is 2.40. The van der Waals surface area contributed by atoms with E-state index in [1.807, 2.05) is 40.7 Å². The van der Waals surface area contributed by atoms with E-state index >= 15 is 0 Å². The molecule has 1 aliphatic heterocycles. The number of nitrogens with zero attached hydrogens (tertiary/aromatic N) is 2. The summed E-state index contributed by atoms with van der Waals surface area (Å²) >= 11 is 0. The van der Waals surface area contributed by atoms with Crippen molar-refractivity contribution in [3.05, 3.63) is 12.2 Å². The Kier molecular flexibility index (Phi) is 8.29. The van der Waals surface area contributed by atoms with Crippen LogP contribution in [-0.2, 0) is 9.53 Å². The number of allylic oxidation sites excluding steroid dienone is 1. The fourth-order valence-corrected chi connectivity index (χ4v) is 3.91. The van der Waals surface area contributed by atoms with Gasteiger partial charge in [0.2, 0.25) is 0 Å². The highest BCUT2D eigenvalue weighted by molar-refractivity contribution is 5.90. The lowest BCUT2D eigenvalue weighted by molar-refractivity contribution is -0.252. The maximum absolute atomic E-state index is 12.6. The summed E-state index contributed by atoms with van der Waals surface area (Å²) in [5, 5.41) is 22.1. The van der Waals surface area contributed by atoms with Gasteiger partial charge in [0, 0.05) is 11.1 Å². The van der Waals surface area contributed by atoms with Crippen LogP contribution in [0.3, 0.4) is 0 Å². The minimum Gasteiger partial charge on any atom is -0.462 e. The highest BCUT2D eigenvalue weighted by atomic mass is 16.5. The summed E-state index contributed by atoms with van der Waals surface area (Å²) in [6, 6.07) is 0. The van der Waals surface area contributed by atoms with E-state index in [9.17, 15) is 10.0 Å². The molecular formula is C20H36N4O3. The predicted octanol–water partition coefficient (Wildman–Crippen LogP) is 4.95. The Labute approximate surface area is 163 Å². The zero-order valence-corrected chi connectivity index (χ0v) is 17.6. The Bertz CT molecular complexity index is 554. The molecule has 1 fully saturated rings. The molecule has 1 rings (SSSR count). The third-order valence-corrected chi connectivity index (χ3v) is 5.26. The number of hydroxylamine groups is 2. The monoisotopic (exact) mass is 380 g/mol. The Morgan fingerprint density at radius 2 is 1.81 bits per heavy atom. The molecule has 1 saturated heterocycles. The van der Waals surface area contributed by atoms with Crippen molar-refractivity contribution in [1.82, 2.24) is 5.06 Å². The van der Waals surface area contributed by atoms with Crippen LogP contribution in [0, 0.1) is 22.8 Å². The molecule has 3 N–H and O–H groups in total. The van der Waals surface area contributed by atoms with Crippen LogP contribution in [0.4, 0.5) is 0 Å². The lowest BCUT2D eigenvalue weighted by Crippen LogP contribution is -2.60. The number of hydrogen-bond acceptors (Lipinski definition) is 6. The van der Waals surface area contributed by atoms with Crippen LogP contribution in [0.25, 0.3) is 0 Å². The van der Waals surface area contributed by atoms with Crippen LogP contribution >= 0.6 is 0 Å². The Hall–Kier alpha value is -1.60. The van der Waals surface area contributed by atoms with Gasteiger partial charge in [0.25, 0.3) is 0 Å². The first-order valence-electron chi connectivity index (χ1n) is 9.73. The minimum absolute atomic E-state index is 0.0519. The smallest absolute Gasteiger partial charge is 0.309 e. The van der Waals surface area contributed by atoms with Crippen molar-refractivity contribution in [3.63, 3.8) is 0 Å². The standard InChI is InChI=1S/C20H36N4O3/c1-14(10-11-17(21)23-22)8-7-9-15(2)27-18(25)16-12-19(3,4)24(26)20(5,6)13-16/h10-11,14-16,21-22,26H,7-9,12-13H2,1-6H3/b11-10+,21-17?,23-22?. The van der Waals surface area contributed by atoms with E-state index in [4.69, 9.17) is 15.7 Å². The van der Waals surface area contributed by atoms with E-state index in [0.29, 0.717) is 12.8 Å². The second-order valence-electron chi connectivity index (χ2n) is 9.05. The van der Waals surface area contributed by atoms with E-state index in [1.165, 1.54) is 11.1 Å². The van der Waals surface area contributed by atoms with Crippen molar-refractivity contribution in [2.75, 3.05) is 0 Å². The number of piperidine rings is 1. The van der Waals surface area contributed by atoms with Gasteiger partial charge in [-0.3, -0.25) is 10.2 Å². The summed E-state index contributed by atoms with van der Waals surface area (Å²) in [7, 11) is 0. The van der Waals surface area contributed by atoms with E-state index in [1.54, 1.807) is 0 Å². The van der Waals surface area contributed by atoms with Crippen LogP contribution < -0.4 is 0 Å². The first kappa shape index (κ1) is 23.4. The highest BCUT2D eigenvalue weighted by Gasteiger charge is 2.47. The van der Waals surface area contributed by atoms with Crippen LogP contribution in [-0.4, -0.2) is 39.3 Å². The van der Waals surface area contributed by atoms with Gasteiger partial charge in [-0.1, -0.05) is 13.0 Å². The van der Waals surface area contributed by atoms with Gasteiger partial charge in [-0.25, -0.2) is 5.53 Å². The number of rotatable bonds is 8. The summed E-state index contributed by atoms with van der Waals surface area (Å²) in [4.78, 5) is 12.6. The molecule has 0 amide bonds. The second-order valence-corrected chi connectivity index (χ2v) is 9.05. The molecule has 7 heteroatoms. The van der Waals surface area contributed by atoms with Crippen LogP contribution in [0.1, 0.15) is 73.6 Å². The predicted molar refractivity (Wildman–Crippen MR) is 105 cm³/mol. The molecule has 0 spiro atoms. The number of carbonyl (C=O) groups is 1. The van der Waals surface area contributed by atoms with Gasteiger partial charge in [-0.05, 0) is 78.7 Å². The molecule has 1 heterocycles.